The van der Waals surface area contributed by atoms with Gasteiger partial charge in [0.25, 0.3) is 0 Å². The number of benzene rings is 4. The number of hydrogen-bond acceptors (Lipinski definition) is 22. The molecule has 0 bridgehead atoms. The number of hydrogen-bond donors (Lipinski definition) is 17. The van der Waals surface area contributed by atoms with Gasteiger partial charge in [0.15, 0.2) is 74.6 Å². The molecule has 0 unspecified atom stereocenters. The van der Waals surface area contributed by atoms with Crippen molar-refractivity contribution in [3.05, 3.63) is 70.8 Å². The maximum atomic E-state index is 14.6. The molecule has 4 aromatic rings. The van der Waals surface area contributed by atoms with Crippen LogP contribution < -0.4 is 0 Å². The number of ketones is 5. The minimum atomic E-state index is -5.33. The van der Waals surface area contributed by atoms with Crippen LogP contribution in [0.15, 0.2) is 48.5 Å². The summed E-state index contributed by atoms with van der Waals surface area (Å²) in [5.74, 6) is -30.0. The number of rotatable bonds is 13. The molecule has 0 saturated carbocycles. The smallest absolute Gasteiger partial charge is 0.246 e. The van der Waals surface area contributed by atoms with Crippen LogP contribution in [0.2, 0.25) is 0 Å². The van der Waals surface area contributed by atoms with E-state index in [1.54, 1.807) is 0 Å². The third kappa shape index (κ3) is 6.05. The van der Waals surface area contributed by atoms with E-state index in [9.17, 15) is 111 Å². The zero-order chi connectivity index (χ0) is 42.6. The van der Waals surface area contributed by atoms with Crippen molar-refractivity contribution >= 4 is 28.9 Å². The number of aromatic hydroxyl groups is 12. The van der Waals surface area contributed by atoms with Crippen LogP contribution in [-0.4, -0.2) is 145 Å². The molecule has 0 spiro atoms. The predicted octanol–water partition coefficient (Wildman–Crippen LogP) is -1.90. The van der Waals surface area contributed by atoms with E-state index in [-0.39, 0.29) is 48.5 Å². The Morgan fingerprint density at radius 3 is 1.02 bits per heavy atom. The summed E-state index contributed by atoms with van der Waals surface area (Å²) < 4.78 is 0. The zero-order valence-electron chi connectivity index (χ0n) is 27.5. The first-order valence-electron chi connectivity index (χ1n) is 15.0. The van der Waals surface area contributed by atoms with Crippen molar-refractivity contribution in [3.63, 3.8) is 0 Å². The lowest BCUT2D eigenvalue weighted by Gasteiger charge is -2.49. The summed E-state index contributed by atoms with van der Waals surface area (Å²) in [5.41, 5.74) is -21.3. The van der Waals surface area contributed by atoms with Gasteiger partial charge in [-0.05, 0) is 48.5 Å². The Balaban J connectivity index is 2.29. The molecule has 0 aliphatic rings. The van der Waals surface area contributed by atoms with E-state index in [2.05, 4.69) is 0 Å². The Hall–Kier alpha value is -7.37. The molecule has 0 fully saturated rings. The first-order chi connectivity index (χ1) is 25.8. The lowest BCUT2D eigenvalue weighted by Crippen LogP contribution is -2.82. The monoisotopic (exact) mass is 788 g/mol. The Morgan fingerprint density at radius 1 is 0.446 bits per heavy atom. The number of phenols is 12. The van der Waals surface area contributed by atoms with Gasteiger partial charge in [0.1, 0.15) is 6.10 Å². The van der Waals surface area contributed by atoms with Crippen LogP contribution in [0.1, 0.15) is 41.4 Å². The molecule has 0 heterocycles. The molecule has 0 aliphatic heterocycles. The average molecular weight is 789 g/mol. The van der Waals surface area contributed by atoms with E-state index in [0.717, 1.165) is 0 Å². The fraction of sp³-hybridized carbons (Fsp3) is 0.147. The molecular formula is C34H28O22. The molecule has 296 valence electrons. The van der Waals surface area contributed by atoms with Crippen molar-refractivity contribution in [3.8, 4) is 69.0 Å². The van der Waals surface area contributed by atoms with Gasteiger partial charge in [0.05, 0.1) is 6.61 Å². The third-order valence-electron chi connectivity index (χ3n) is 8.60. The van der Waals surface area contributed by atoms with Crippen LogP contribution in [0.5, 0.6) is 69.0 Å². The van der Waals surface area contributed by atoms with Crippen LogP contribution in [0.4, 0.5) is 0 Å². The van der Waals surface area contributed by atoms with Crippen molar-refractivity contribution in [2.24, 2.45) is 0 Å². The summed E-state index contributed by atoms with van der Waals surface area (Å²) >= 11 is 0. The van der Waals surface area contributed by atoms with Gasteiger partial charge in [-0.15, -0.1) is 0 Å². The Bertz CT molecular complexity index is 2260. The zero-order valence-corrected chi connectivity index (χ0v) is 27.5. The molecule has 22 nitrogen and oxygen atoms in total. The van der Waals surface area contributed by atoms with Gasteiger partial charge in [0.2, 0.25) is 40.1 Å². The molecule has 4 atom stereocenters. The topological polar surface area (TPSA) is 429 Å². The summed E-state index contributed by atoms with van der Waals surface area (Å²) in [6.07, 6.45) is -3.48. The van der Waals surface area contributed by atoms with Gasteiger partial charge in [-0.1, -0.05) is 0 Å². The summed E-state index contributed by atoms with van der Waals surface area (Å²) in [7, 11) is 0. The van der Waals surface area contributed by atoms with E-state index in [1.165, 1.54) is 0 Å². The summed E-state index contributed by atoms with van der Waals surface area (Å²) in [6.45, 7) is -2.03. The SMILES string of the molecule is O=C(C(=O)[C@@](O)(C(=O)c1cc(O)c(O)c(O)c1)[C@](O)(C(=O)c1cc(O)c(O)c(O)c1)[C@@](O)(C(=O)c1cc(O)c(O)c(O)c1)[C@H](O)CO)c1cc(O)c(O)c(O)c1. The van der Waals surface area contributed by atoms with Crippen LogP contribution in [0.3, 0.4) is 0 Å². The number of phenolic OH excluding ortho intramolecular Hbond substituents is 12. The van der Waals surface area contributed by atoms with Crippen LogP contribution >= 0.6 is 0 Å². The van der Waals surface area contributed by atoms with E-state index in [0.29, 0.717) is 0 Å². The van der Waals surface area contributed by atoms with Crippen molar-refractivity contribution < 1.29 is 111 Å². The maximum Gasteiger partial charge on any atom is 0.246 e. The molecule has 0 amide bonds. The quantitative estimate of drug-likeness (QED) is 0.0304. The highest BCUT2D eigenvalue weighted by atomic mass is 16.4. The minimum Gasteiger partial charge on any atom is -0.504 e. The van der Waals surface area contributed by atoms with E-state index >= 15 is 0 Å². The standard InChI is InChI=1S/C34H28O22/c35-9-22(44)32(54,28(50)11-3-16(38)25(47)17(39)4-11)34(56,30(52)13-7-20(42)27(49)21(43)8-13)33(55,29(51)12-5-18(40)26(48)19(41)6-12)31(53)23(45)10-1-14(36)24(46)15(37)2-10/h1-8,22,35-44,46-49,54-56H,9H2/t22-,32+,33+,34+/m1/s1. The first kappa shape index (κ1) is 41.4. The fourth-order valence-electron chi connectivity index (χ4n) is 5.61. The molecule has 56 heavy (non-hydrogen) atoms. The van der Waals surface area contributed by atoms with Crippen LogP contribution in [0.25, 0.3) is 0 Å². The van der Waals surface area contributed by atoms with Gasteiger partial charge in [0, 0.05) is 22.3 Å². The van der Waals surface area contributed by atoms with E-state index in [4.69, 9.17) is 0 Å². The van der Waals surface area contributed by atoms with Crippen molar-refractivity contribution in [1.29, 1.82) is 0 Å². The summed E-state index contributed by atoms with van der Waals surface area (Å²) in [5, 5.41) is 179. The first-order valence-corrected chi connectivity index (χ1v) is 15.0. The molecule has 4 rings (SSSR count). The van der Waals surface area contributed by atoms with Crippen molar-refractivity contribution in [2.45, 2.75) is 22.9 Å². The second-order valence-corrected chi connectivity index (χ2v) is 12.0. The highest BCUT2D eigenvalue weighted by Gasteiger charge is 2.77. The molecule has 0 radical (unpaired) electrons. The molecule has 0 aromatic heterocycles. The number of carbonyl (C=O) groups is 5. The lowest BCUT2D eigenvalue weighted by molar-refractivity contribution is -0.212. The fourth-order valence-corrected chi connectivity index (χ4v) is 5.61. The second kappa shape index (κ2) is 14.1. The van der Waals surface area contributed by atoms with Crippen LogP contribution in [0, 0.1) is 0 Å². The number of aliphatic hydroxyl groups is 5. The lowest BCUT2D eigenvalue weighted by atomic mass is 9.58. The summed E-state index contributed by atoms with van der Waals surface area (Å²) in [4.78, 5) is 71.6. The molecule has 0 saturated heterocycles. The molecule has 22 heteroatoms. The number of Topliss-reactive ketones (excluding diaryl/α,β-unsaturated/α-hetero) is 5. The number of aliphatic hydroxyl groups excluding tert-OH is 2. The van der Waals surface area contributed by atoms with Gasteiger partial charge < -0.3 is 86.8 Å². The molecular weight excluding hydrogens is 760 g/mol. The van der Waals surface area contributed by atoms with E-state index in [1.807, 2.05) is 0 Å². The van der Waals surface area contributed by atoms with Crippen molar-refractivity contribution in [2.75, 3.05) is 6.61 Å². The highest BCUT2D eigenvalue weighted by Crippen LogP contribution is 2.48. The summed E-state index contributed by atoms with van der Waals surface area (Å²) in [6, 6.07) is 1.06. The molecule has 17 N–H and O–H groups in total. The number of carbonyl (C=O) groups excluding carboxylic acids is 5. The van der Waals surface area contributed by atoms with Crippen molar-refractivity contribution in [1.82, 2.24) is 0 Å². The Labute approximate surface area is 309 Å². The van der Waals surface area contributed by atoms with Gasteiger partial charge in [-0.3, -0.25) is 24.0 Å². The van der Waals surface area contributed by atoms with Gasteiger partial charge in [-0.2, -0.15) is 0 Å². The second-order valence-electron chi connectivity index (χ2n) is 12.0. The third-order valence-corrected chi connectivity index (χ3v) is 8.60. The van der Waals surface area contributed by atoms with Gasteiger partial charge >= 0.3 is 0 Å². The van der Waals surface area contributed by atoms with E-state index < -0.39 is 150 Å². The largest absolute Gasteiger partial charge is 0.504 e. The van der Waals surface area contributed by atoms with Gasteiger partial charge in [-0.25, -0.2) is 0 Å². The van der Waals surface area contributed by atoms with Crippen LogP contribution in [-0.2, 0) is 4.79 Å². The highest BCUT2D eigenvalue weighted by molar-refractivity contribution is 6.52. The average Bonchev–Trinajstić information content (AvgIpc) is 3.16. The Kier molecular flexibility index (Phi) is 10.4. The molecule has 0 aliphatic carbocycles. The Morgan fingerprint density at radius 2 is 0.714 bits per heavy atom. The molecule has 4 aromatic carbocycles. The maximum absolute atomic E-state index is 14.6. The normalized spacial score (nSPS) is 15.1. The predicted molar refractivity (Wildman–Crippen MR) is 176 cm³/mol. The minimum absolute atomic E-state index is 0.0856.